The molecule has 2 aromatic carbocycles. The smallest absolute Gasteiger partial charge is 0.262 e. The molecule has 1 N–H and O–H groups in total. The zero-order chi connectivity index (χ0) is 22.3. The molecule has 0 aliphatic carbocycles. The highest BCUT2D eigenvalue weighted by molar-refractivity contribution is 6.32. The molecule has 4 rings (SSSR count). The minimum absolute atomic E-state index is 0.00209. The van der Waals surface area contributed by atoms with E-state index in [2.05, 4.69) is 26.1 Å². The summed E-state index contributed by atoms with van der Waals surface area (Å²) in [5, 5.41) is 3.14. The molecule has 31 heavy (non-hydrogen) atoms. The van der Waals surface area contributed by atoms with Gasteiger partial charge >= 0.3 is 0 Å². The van der Waals surface area contributed by atoms with Crippen molar-refractivity contribution in [2.24, 2.45) is 5.92 Å². The first-order valence-corrected chi connectivity index (χ1v) is 10.5. The molecule has 0 bridgehead atoms. The Morgan fingerprint density at radius 2 is 2.03 bits per heavy atom. The van der Waals surface area contributed by atoms with Crippen LogP contribution in [0.15, 0.2) is 30.3 Å². The summed E-state index contributed by atoms with van der Waals surface area (Å²) >= 11 is 6.35. The van der Waals surface area contributed by atoms with E-state index in [1.165, 1.54) is 6.07 Å². The Bertz CT molecular complexity index is 1040. The molecule has 6 nitrogen and oxygen atoms in total. The summed E-state index contributed by atoms with van der Waals surface area (Å²) in [4.78, 5) is 25.7. The highest BCUT2D eigenvalue weighted by Gasteiger charge is 2.34. The molecule has 0 unspecified atom stereocenters. The predicted octanol–water partition coefficient (Wildman–Crippen LogP) is 4.26. The van der Waals surface area contributed by atoms with Crippen molar-refractivity contribution in [1.29, 1.82) is 0 Å². The zero-order valence-electron chi connectivity index (χ0n) is 17.6. The van der Waals surface area contributed by atoms with E-state index in [9.17, 15) is 14.0 Å². The number of fused-ring (bicyclic) bond motifs is 1. The van der Waals surface area contributed by atoms with Crippen LogP contribution in [0.2, 0.25) is 5.02 Å². The Hall–Kier alpha value is -2.80. The molecule has 2 heterocycles. The van der Waals surface area contributed by atoms with E-state index in [1.807, 2.05) is 18.2 Å². The molecule has 2 aliphatic rings. The van der Waals surface area contributed by atoms with Crippen LogP contribution in [0.1, 0.15) is 36.7 Å². The van der Waals surface area contributed by atoms with E-state index < -0.39 is 11.7 Å². The maximum absolute atomic E-state index is 14.4. The van der Waals surface area contributed by atoms with E-state index in [-0.39, 0.29) is 35.2 Å². The van der Waals surface area contributed by atoms with Crippen LogP contribution in [-0.2, 0) is 10.2 Å². The van der Waals surface area contributed by atoms with Crippen LogP contribution in [0.5, 0.6) is 11.5 Å². The number of benzene rings is 2. The second-order valence-electron chi connectivity index (χ2n) is 8.95. The summed E-state index contributed by atoms with van der Waals surface area (Å²) in [6, 6.07) is 8.23. The maximum atomic E-state index is 14.4. The van der Waals surface area contributed by atoms with Crippen LogP contribution < -0.4 is 14.8 Å². The van der Waals surface area contributed by atoms with Crippen molar-refractivity contribution in [2.75, 3.05) is 31.6 Å². The molecule has 1 saturated heterocycles. The Balaban J connectivity index is 1.34. The molecule has 2 aromatic rings. The second-order valence-corrected chi connectivity index (χ2v) is 9.35. The number of amides is 2. The summed E-state index contributed by atoms with van der Waals surface area (Å²) in [6.45, 7) is 7.50. The lowest BCUT2D eigenvalue weighted by molar-refractivity contribution is -0.118. The minimum Gasteiger partial charge on any atom is -0.492 e. The molecule has 8 heteroatoms. The van der Waals surface area contributed by atoms with Gasteiger partial charge < -0.3 is 19.7 Å². The number of hydrogen-bond donors (Lipinski definition) is 1. The van der Waals surface area contributed by atoms with Gasteiger partial charge in [0.2, 0.25) is 0 Å². The third-order valence-corrected chi connectivity index (χ3v) is 5.74. The first-order valence-electron chi connectivity index (χ1n) is 10.1. The first-order chi connectivity index (χ1) is 14.6. The number of nitrogens with one attached hydrogen (secondary N) is 1. The van der Waals surface area contributed by atoms with Crippen molar-refractivity contribution >= 4 is 29.1 Å². The average molecular weight is 447 g/mol. The molecule has 0 radical (unpaired) electrons. The van der Waals surface area contributed by atoms with Crippen LogP contribution in [-0.4, -0.2) is 43.0 Å². The van der Waals surface area contributed by atoms with Crippen LogP contribution in [0.4, 0.5) is 10.1 Å². The number of ether oxygens (including phenoxy) is 2. The number of hydrogen-bond acceptors (Lipinski definition) is 4. The number of carbonyl (C=O) groups excluding carboxylic acids is 2. The number of halogens is 2. The number of nitrogens with zero attached hydrogens (tertiary/aromatic N) is 1. The monoisotopic (exact) mass is 446 g/mol. The standard InChI is InChI=1S/C23H24ClFN2O4/c1-23(2,3)14-4-5-19(16(24)6-14)30-11-13-9-27(10-13)22(29)15-7-18-20(8-17(15)25)31-12-21(28)26-18/h4-8,13H,9-12H2,1-3H3,(H,26,28). The molecular formula is C23H24ClFN2O4. The highest BCUT2D eigenvalue weighted by Crippen LogP contribution is 2.33. The number of likely N-dealkylation sites (tertiary alicyclic amines) is 1. The summed E-state index contributed by atoms with van der Waals surface area (Å²) in [5.74, 6) is -0.484. The van der Waals surface area contributed by atoms with Gasteiger partial charge in [0.05, 0.1) is 22.9 Å². The van der Waals surface area contributed by atoms with Gasteiger partial charge in [0.1, 0.15) is 17.3 Å². The number of rotatable bonds is 4. The van der Waals surface area contributed by atoms with Crippen LogP contribution >= 0.6 is 11.6 Å². The van der Waals surface area contributed by atoms with Crippen LogP contribution in [0, 0.1) is 11.7 Å². The van der Waals surface area contributed by atoms with Crippen molar-refractivity contribution in [3.05, 3.63) is 52.3 Å². The maximum Gasteiger partial charge on any atom is 0.262 e. The summed E-state index contributed by atoms with van der Waals surface area (Å²) in [7, 11) is 0. The molecule has 2 amide bonds. The van der Waals surface area contributed by atoms with E-state index in [0.29, 0.717) is 36.2 Å². The Morgan fingerprint density at radius 3 is 2.71 bits per heavy atom. The quantitative estimate of drug-likeness (QED) is 0.762. The molecule has 1 fully saturated rings. The van der Waals surface area contributed by atoms with Crippen molar-refractivity contribution in [3.8, 4) is 11.5 Å². The predicted molar refractivity (Wildman–Crippen MR) is 116 cm³/mol. The zero-order valence-corrected chi connectivity index (χ0v) is 18.4. The normalized spacial score (nSPS) is 16.2. The average Bonchev–Trinajstić information content (AvgIpc) is 2.66. The lowest BCUT2D eigenvalue weighted by atomic mass is 9.87. The molecule has 0 saturated carbocycles. The highest BCUT2D eigenvalue weighted by atomic mass is 35.5. The van der Waals surface area contributed by atoms with Crippen molar-refractivity contribution in [2.45, 2.75) is 26.2 Å². The number of carbonyl (C=O) groups is 2. The lowest BCUT2D eigenvalue weighted by Crippen LogP contribution is -2.52. The van der Waals surface area contributed by atoms with Gasteiger partial charge in [-0.2, -0.15) is 0 Å². The van der Waals surface area contributed by atoms with Crippen molar-refractivity contribution in [1.82, 2.24) is 4.90 Å². The summed E-state index contributed by atoms with van der Waals surface area (Å²) in [5.41, 5.74) is 1.33. The largest absolute Gasteiger partial charge is 0.492 e. The van der Waals surface area contributed by atoms with E-state index in [1.54, 1.807) is 4.90 Å². The summed E-state index contributed by atoms with van der Waals surface area (Å²) < 4.78 is 25.4. The van der Waals surface area contributed by atoms with Gasteiger partial charge in [-0.25, -0.2) is 4.39 Å². The molecule has 0 spiro atoms. The topological polar surface area (TPSA) is 67.9 Å². The van der Waals surface area contributed by atoms with Gasteiger partial charge in [-0.3, -0.25) is 9.59 Å². The van der Waals surface area contributed by atoms with Gasteiger partial charge in [0.15, 0.2) is 6.61 Å². The van der Waals surface area contributed by atoms with Gasteiger partial charge in [0.25, 0.3) is 11.8 Å². The summed E-state index contributed by atoms with van der Waals surface area (Å²) in [6.07, 6.45) is 0. The Morgan fingerprint density at radius 1 is 1.29 bits per heavy atom. The molecule has 0 atom stereocenters. The fourth-order valence-electron chi connectivity index (χ4n) is 3.57. The van der Waals surface area contributed by atoms with Gasteiger partial charge in [0, 0.05) is 25.1 Å². The van der Waals surface area contributed by atoms with Crippen molar-refractivity contribution < 1.29 is 23.5 Å². The Labute approximate surface area is 185 Å². The van der Waals surface area contributed by atoms with Gasteiger partial charge in [-0.1, -0.05) is 38.4 Å². The fourth-order valence-corrected chi connectivity index (χ4v) is 3.80. The Kier molecular flexibility index (Phi) is 5.56. The fraction of sp³-hybridized carbons (Fsp3) is 0.391. The van der Waals surface area contributed by atoms with Gasteiger partial charge in [-0.05, 0) is 29.2 Å². The second kappa shape index (κ2) is 8.04. The van der Waals surface area contributed by atoms with Crippen LogP contribution in [0.25, 0.3) is 0 Å². The third kappa shape index (κ3) is 4.46. The van der Waals surface area contributed by atoms with E-state index >= 15 is 0 Å². The van der Waals surface area contributed by atoms with Crippen molar-refractivity contribution in [3.63, 3.8) is 0 Å². The lowest BCUT2D eigenvalue weighted by Gasteiger charge is -2.39. The van der Waals surface area contributed by atoms with E-state index in [0.717, 1.165) is 11.6 Å². The first kappa shape index (κ1) is 21.4. The molecule has 0 aromatic heterocycles. The van der Waals surface area contributed by atoms with E-state index in [4.69, 9.17) is 21.1 Å². The van der Waals surface area contributed by atoms with Crippen LogP contribution in [0.3, 0.4) is 0 Å². The minimum atomic E-state index is -0.676. The van der Waals surface area contributed by atoms with Gasteiger partial charge in [-0.15, -0.1) is 0 Å². The third-order valence-electron chi connectivity index (χ3n) is 5.45. The molecular weight excluding hydrogens is 423 g/mol. The SMILES string of the molecule is CC(C)(C)c1ccc(OCC2CN(C(=O)c3cc4c(cc3F)OCC(=O)N4)C2)c(Cl)c1. The molecule has 2 aliphatic heterocycles. The molecule has 164 valence electrons. The number of anilines is 1.